The summed E-state index contributed by atoms with van der Waals surface area (Å²) in [6.07, 6.45) is 1.67. The summed E-state index contributed by atoms with van der Waals surface area (Å²) in [7, 11) is 1.63. The van der Waals surface area contributed by atoms with Crippen LogP contribution in [-0.4, -0.2) is 24.6 Å². The number of nitrogens with one attached hydrogen (secondary N) is 1. The van der Waals surface area contributed by atoms with Gasteiger partial charge in [0, 0.05) is 11.6 Å². The monoisotopic (exact) mass is 398 g/mol. The number of carbonyl (C=O) groups is 1. The molecule has 0 aliphatic carbocycles. The number of fused-ring (bicyclic) bond motifs is 1. The maximum atomic E-state index is 12.5. The molecule has 1 aromatic heterocycles. The Morgan fingerprint density at radius 3 is 2.57 bits per heavy atom. The second kappa shape index (κ2) is 8.93. The van der Waals surface area contributed by atoms with Crippen molar-refractivity contribution in [2.24, 2.45) is 5.92 Å². The summed E-state index contributed by atoms with van der Waals surface area (Å²) in [5.74, 6) is 1.33. The Morgan fingerprint density at radius 2 is 1.89 bits per heavy atom. The number of ether oxygens (including phenoxy) is 2. The van der Waals surface area contributed by atoms with Crippen molar-refractivity contribution in [3.8, 4) is 11.5 Å². The quantitative estimate of drug-likeness (QED) is 0.621. The molecule has 1 amide bonds. The highest BCUT2D eigenvalue weighted by atomic mass is 35.5. The van der Waals surface area contributed by atoms with E-state index in [4.69, 9.17) is 21.1 Å². The highest BCUT2D eigenvalue weighted by molar-refractivity contribution is 6.35. The summed E-state index contributed by atoms with van der Waals surface area (Å²) in [5.41, 5.74) is 1.65. The maximum absolute atomic E-state index is 12.5. The molecule has 5 nitrogen and oxygen atoms in total. The van der Waals surface area contributed by atoms with Gasteiger partial charge in [0.1, 0.15) is 17.0 Å². The third kappa shape index (κ3) is 4.54. The summed E-state index contributed by atoms with van der Waals surface area (Å²) in [6, 6.07) is 14.7. The smallest absolute Gasteiger partial charge is 0.258 e. The van der Waals surface area contributed by atoms with Crippen molar-refractivity contribution in [1.82, 2.24) is 10.3 Å². The fraction of sp³-hybridized carbons (Fsp3) is 0.273. The Labute approximate surface area is 169 Å². The Hall–Kier alpha value is -2.79. The number of hydrogen-bond donors (Lipinski definition) is 1. The van der Waals surface area contributed by atoms with E-state index in [1.165, 1.54) is 0 Å². The summed E-state index contributed by atoms with van der Waals surface area (Å²) in [4.78, 5) is 16.8. The lowest BCUT2D eigenvalue weighted by Gasteiger charge is -2.23. The first kappa shape index (κ1) is 20.0. The first-order valence-corrected chi connectivity index (χ1v) is 9.46. The van der Waals surface area contributed by atoms with Crippen molar-refractivity contribution in [1.29, 1.82) is 0 Å². The van der Waals surface area contributed by atoms with E-state index in [0.29, 0.717) is 16.3 Å². The highest BCUT2D eigenvalue weighted by Gasteiger charge is 2.19. The van der Waals surface area contributed by atoms with Gasteiger partial charge in [0.15, 0.2) is 6.61 Å². The molecule has 3 rings (SSSR count). The molecule has 1 heterocycles. The number of carbonyl (C=O) groups excluding carboxylic acids is 1. The third-order valence-electron chi connectivity index (χ3n) is 4.50. The highest BCUT2D eigenvalue weighted by Crippen LogP contribution is 2.29. The minimum absolute atomic E-state index is 0.104. The van der Waals surface area contributed by atoms with E-state index >= 15 is 0 Å². The second-order valence-corrected chi connectivity index (χ2v) is 7.20. The lowest BCUT2D eigenvalue weighted by atomic mass is 9.96. The van der Waals surface area contributed by atoms with Crippen LogP contribution >= 0.6 is 11.6 Å². The van der Waals surface area contributed by atoms with Gasteiger partial charge in [-0.05, 0) is 47.9 Å². The molecule has 0 saturated heterocycles. The average molecular weight is 399 g/mol. The van der Waals surface area contributed by atoms with Crippen molar-refractivity contribution in [2.75, 3.05) is 13.7 Å². The predicted octanol–water partition coefficient (Wildman–Crippen LogP) is 4.79. The normalized spacial score (nSPS) is 12.0. The molecule has 0 bridgehead atoms. The molecular formula is C22H23ClN2O3. The van der Waals surface area contributed by atoms with E-state index in [0.717, 1.165) is 16.7 Å². The largest absolute Gasteiger partial charge is 0.497 e. The molecule has 1 unspecified atom stereocenters. The summed E-state index contributed by atoms with van der Waals surface area (Å²) >= 11 is 6.20. The van der Waals surface area contributed by atoms with Crippen molar-refractivity contribution in [2.45, 2.75) is 19.9 Å². The van der Waals surface area contributed by atoms with Crippen LogP contribution in [0.25, 0.3) is 10.9 Å². The molecule has 0 aliphatic heterocycles. The summed E-state index contributed by atoms with van der Waals surface area (Å²) < 4.78 is 10.9. The molecule has 1 N–H and O–H groups in total. The molecule has 0 fully saturated rings. The molecule has 0 radical (unpaired) electrons. The zero-order valence-electron chi connectivity index (χ0n) is 16.1. The van der Waals surface area contributed by atoms with E-state index in [-0.39, 0.29) is 24.5 Å². The fourth-order valence-electron chi connectivity index (χ4n) is 3.03. The minimum Gasteiger partial charge on any atom is -0.497 e. The maximum Gasteiger partial charge on any atom is 0.258 e. The van der Waals surface area contributed by atoms with Crippen molar-refractivity contribution < 1.29 is 14.3 Å². The summed E-state index contributed by atoms with van der Waals surface area (Å²) in [5, 5.41) is 4.44. The first-order chi connectivity index (χ1) is 13.5. The van der Waals surface area contributed by atoms with Gasteiger partial charge in [-0.1, -0.05) is 37.6 Å². The molecule has 146 valence electrons. The van der Waals surface area contributed by atoms with E-state index < -0.39 is 0 Å². The standard InChI is InChI=1S/C22H23ClN2O3/c1-14(2)21(15-6-8-16(27-3)9-7-15)25-20(26)13-28-19-11-10-18(23)17-5-4-12-24-22(17)19/h4-12,14,21H,13H2,1-3H3,(H,25,26). The van der Waals surface area contributed by atoms with Crippen LogP contribution in [-0.2, 0) is 4.79 Å². The van der Waals surface area contributed by atoms with E-state index in [9.17, 15) is 4.79 Å². The number of benzene rings is 2. The first-order valence-electron chi connectivity index (χ1n) is 9.09. The van der Waals surface area contributed by atoms with Crippen LogP contribution < -0.4 is 14.8 Å². The molecule has 1 atom stereocenters. The fourth-order valence-corrected chi connectivity index (χ4v) is 3.25. The number of aromatic nitrogens is 1. The molecule has 28 heavy (non-hydrogen) atoms. The number of methoxy groups -OCH3 is 1. The van der Waals surface area contributed by atoms with Crippen LogP contribution in [0.2, 0.25) is 5.02 Å². The topological polar surface area (TPSA) is 60.5 Å². The number of hydrogen-bond acceptors (Lipinski definition) is 4. The SMILES string of the molecule is COc1ccc(C(NC(=O)COc2ccc(Cl)c3cccnc23)C(C)C)cc1. The number of amides is 1. The zero-order valence-corrected chi connectivity index (χ0v) is 16.9. The molecular weight excluding hydrogens is 376 g/mol. The molecule has 6 heteroatoms. The van der Waals surface area contributed by atoms with Crippen LogP contribution in [0.3, 0.4) is 0 Å². The second-order valence-electron chi connectivity index (χ2n) is 6.80. The molecule has 0 aliphatic rings. The van der Waals surface area contributed by atoms with Crippen LogP contribution in [0.4, 0.5) is 0 Å². The Balaban J connectivity index is 1.69. The molecule has 0 spiro atoms. The molecule has 2 aromatic carbocycles. The Kier molecular flexibility index (Phi) is 6.37. The third-order valence-corrected chi connectivity index (χ3v) is 4.83. The van der Waals surface area contributed by atoms with E-state index in [1.807, 2.05) is 36.4 Å². The number of pyridine rings is 1. The van der Waals surface area contributed by atoms with Gasteiger partial charge >= 0.3 is 0 Å². The van der Waals surface area contributed by atoms with Gasteiger partial charge in [-0.25, -0.2) is 0 Å². The van der Waals surface area contributed by atoms with Crippen LogP contribution in [0, 0.1) is 5.92 Å². The van der Waals surface area contributed by atoms with Gasteiger partial charge in [-0.2, -0.15) is 0 Å². The minimum atomic E-state index is -0.200. The Morgan fingerprint density at radius 1 is 1.14 bits per heavy atom. The van der Waals surface area contributed by atoms with Crippen molar-refractivity contribution >= 4 is 28.4 Å². The van der Waals surface area contributed by atoms with Gasteiger partial charge < -0.3 is 14.8 Å². The zero-order chi connectivity index (χ0) is 20.1. The van der Waals surface area contributed by atoms with Crippen molar-refractivity contribution in [3.05, 3.63) is 65.3 Å². The Bertz CT molecular complexity index is 958. The lowest BCUT2D eigenvalue weighted by Crippen LogP contribution is -2.35. The van der Waals surface area contributed by atoms with Gasteiger partial charge in [-0.3, -0.25) is 9.78 Å². The van der Waals surface area contributed by atoms with Gasteiger partial charge in [-0.15, -0.1) is 0 Å². The number of nitrogens with zero attached hydrogens (tertiary/aromatic N) is 1. The van der Waals surface area contributed by atoms with E-state index in [1.54, 1.807) is 25.4 Å². The molecule has 0 saturated carbocycles. The molecule has 3 aromatic rings. The van der Waals surface area contributed by atoms with Crippen molar-refractivity contribution in [3.63, 3.8) is 0 Å². The average Bonchev–Trinajstić information content (AvgIpc) is 2.71. The van der Waals surface area contributed by atoms with Crippen LogP contribution in [0.15, 0.2) is 54.7 Å². The van der Waals surface area contributed by atoms with Gasteiger partial charge in [0.2, 0.25) is 0 Å². The lowest BCUT2D eigenvalue weighted by molar-refractivity contribution is -0.124. The van der Waals surface area contributed by atoms with Gasteiger partial charge in [0.25, 0.3) is 5.91 Å². The van der Waals surface area contributed by atoms with Gasteiger partial charge in [0.05, 0.1) is 18.2 Å². The number of rotatable bonds is 7. The van der Waals surface area contributed by atoms with Crippen LogP contribution in [0.1, 0.15) is 25.5 Å². The number of halogens is 1. The summed E-state index contributed by atoms with van der Waals surface area (Å²) in [6.45, 7) is 4.02. The van der Waals surface area contributed by atoms with Crippen LogP contribution in [0.5, 0.6) is 11.5 Å². The predicted molar refractivity (Wildman–Crippen MR) is 111 cm³/mol. The van der Waals surface area contributed by atoms with E-state index in [2.05, 4.69) is 24.1 Å².